The van der Waals surface area contributed by atoms with Crippen molar-refractivity contribution < 1.29 is 9.53 Å². The van der Waals surface area contributed by atoms with Gasteiger partial charge in [0, 0.05) is 31.1 Å². The van der Waals surface area contributed by atoms with E-state index >= 15 is 0 Å². The number of aromatic nitrogens is 2. The molecule has 2 aromatic rings. The molecule has 0 aliphatic rings. The Labute approximate surface area is 138 Å². The van der Waals surface area contributed by atoms with Crippen LogP contribution in [-0.4, -0.2) is 15.5 Å². The van der Waals surface area contributed by atoms with E-state index in [1.165, 1.54) is 39.0 Å². The molecular formula is C19H28N2O2. The van der Waals surface area contributed by atoms with Crippen LogP contribution in [0.2, 0.25) is 0 Å². The molecule has 23 heavy (non-hydrogen) atoms. The second-order valence-corrected chi connectivity index (χ2v) is 6.29. The molecule has 0 fully saturated rings. The maximum absolute atomic E-state index is 11.5. The summed E-state index contributed by atoms with van der Waals surface area (Å²) in [5.41, 5.74) is 2.87. The van der Waals surface area contributed by atoms with Crippen molar-refractivity contribution in [3.8, 4) is 5.75 Å². The topological polar surface area (TPSA) is 44.1 Å². The minimum Gasteiger partial charge on any atom is -0.424 e. The van der Waals surface area contributed by atoms with Gasteiger partial charge in [-0.2, -0.15) is 0 Å². The summed E-state index contributed by atoms with van der Waals surface area (Å²) < 4.78 is 7.50. The largest absolute Gasteiger partial charge is 0.424 e. The zero-order valence-corrected chi connectivity index (χ0v) is 14.8. The number of ether oxygens (including phenoxy) is 1. The summed E-state index contributed by atoms with van der Waals surface area (Å²) in [6.07, 6.45) is 10.3. The molecule has 0 aromatic carbocycles. The predicted molar refractivity (Wildman–Crippen MR) is 93.8 cm³/mol. The molecule has 0 saturated carbocycles. The minimum atomic E-state index is -0.283. The lowest BCUT2D eigenvalue weighted by atomic mass is 10.1. The van der Waals surface area contributed by atoms with E-state index in [0.29, 0.717) is 5.75 Å². The van der Waals surface area contributed by atoms with E-state index in [2.05, 4.69) is 6.92 Å². The van der Waals surface area contributed by atoms with Crippen LogP contribution in [0.25, 0.3) is 11.0 Å². The highest BCUT2D eigenvalue weighted by molar-refractivity contribution is 5.84. The van der Waals surface area contributed by atoms with Crippen LogP contribution in [0.1, 0.15) is 63.6 Å². The first-order chi connectivity index (χ1) is 11.0. The van der Waals surface area contributed by atoms with Gasteiger partial charge >= 0.3 is 5.97 Å². The molecule has 0 N–H and O–H groups in total. The van der Waals surface area contributed by atoms with Gasteiger partial charge in [0.15, 0.2) is 5.75 Å². The van der Waals surface area contributed by atoms with Crippen LogP contribution in [0.5, 0.6) is 5.75 Å². The van der Waals surface area contributed by atoms with Crippen LogP contribution in [0.15, 0.2) is 12.3 Å². The Morgan fingerprint density at radius 1 is 1.22 bits per heavy atom. The van der Waals surface area contributed by atoms with Gasteiger partial charge in [-0.3, -0.25) is 4.79 Å². The Balaban J connectivity index is 2.18. The maximum atomic E-state index is 11.5. The van der Waals surface area contributed by atoms with Crippen LogP contribution in [0, 0.1) is 6.92 Å². The Hall–Kier alpha value is -1.84. The standard InChI is InChI=1S/C19H28N2O2/c1-5-6-7-8-9-10-11-17-18(23-15(3)22)14(2)16-12-13-21(4)19(16)20-17/h12-13H,5-11H2,1-4H3. The van der Waals surface area contributed by atoms with E-state index in [9.17, 15) is 4.79 Å². The quantitative estimate of drug-likeness (QED) is 0.523. The van der Waals surface area contributed by atoms with Crippen molar-refractivity contribution in [2.45, 2.75) is 65.7 Å². The van der Waals surface area contributed by atoms with Crippen LogP contribution in [-0.2, 0) is 18.3 Å². The lowest BCUT2D eigenvalue weighted by Crippen LogP contribution is -2.08. The summed E-state index contributed by atoms with van der Waals surface area (Å²) >= 11 is 0. The van der Waals surface area contributed by atoms with Crippen molar-refractivity contribution in [1.82, 2.24) is 9.55 Å². The molecule has 0 atom stereocenters. The molecule has 0 amide bonds. The zero-order valence-electron chi connectivity index (χ0n) is 14.8. The van der Waals surface area contributed by atoms with Crippen LogP contribution in [0.4, 0.5) is 0 Å². The fourth-order valence-electron chi connectivity index (χ4n) is 2.99. The van der Waals surface area contributed by atoms with E-state index < -0.39 is 0 Å². The molecule has 0 bridgehead atoms. The number of hydrogen-bond acceptors (Lipinski definition) is 3. The number of carbonyl (C=O) groups excluding carboxylic acids is 1. The van der Waals surface area contributed by atoms with Crippen molar-refractivity contribution in [2.24, 2.45) is 7.05 Å². The van der Waals surface area contributed by atoms with Crippen molar-refractivity contribution in [1.29, 1.82) is 0 Å². The van der Waals surface area contributed by atoms with Gasteiger partial charge in [-0.25, -0.2) is 4.98 Å². The summed E-state index contributed by atoms with van der Waals surface area (Å²) in [6.45, 7) is 5.68. The number of carbonyl (C=O) groups is 1. The first-order valence-corrected chi connectivity index (χ1v) is 8.67. The molecule has 2 rings (SSSR count). The molecule has 0 saturated heterocycles. The number of unbranched alkanes of at least 4 members (excludes halogenated alkanes) is 5. The highest BCUT2D eigenvalue weighted by atomic mass is 16.5. The van der Waals surface area contributed by atoms with E-state index in [1.807, 2.05) is 30.8 Å². The van der Waals surface area contributed by atoms with Gasteiger partial charge in [0.25, 0.3) is 0 Å². The summed E-state index contributed by atoms with van der Waals surface area (Å²) in [5, 5.41) is 1.05. The number of rotatable bonds is 8. The molecule has 0 radical (unpaired) electrons. The molecule has 4 heteroatoms. The Kier molecular flexibility index (Phi) is 6.20. The fraction of sp³-hybridized carbons (Fsp3) is 0.579. The Morgan fingerprint density at radius 2 is 1.91 bits per heavy atom. The van der Waals surface area contributed by atoms with Crippen molar-refractivity contribution in [3.63, 3.8) is 0 Å². The second-order valence-electron chi connectivity index (χ2n) is 6.29. The summed E-state index contributed by atoms with van der Waals surface area (Å²) in [5.74, 6) is 0.374. The van der Waals surface area contributed by atoms with Gasteiger partial charge in [0.1, 0.15) is 5.65 Å². The monoisotopic (exact) mass is 316 g/mol. The molecule has 0 aliphatic heterocycles. The van der Waals surface area contributed by atoms with E-state index in [0.717, 1.165) is 35.1 Å². The third-order valence-electron chi connectivity index (χ3n) is 4.30. The number of esters is 1. The van der Waals surface area contributed by atoms with Gasteiger partial charge in [-0.05, 0) is 25.8 Å². The molecule has 2 aromatic heterocycles. The number of fused-ring (bicyclic) bond motifs is 1. The average Bonchev–Trinajstić information content (AvgIpc) is 2.87. The van der Waals surface area contributed by atoms with Crippen molar-refractivity contribution >= 4 is 17.0 Å². The normalized spacial score (nSPS) is 11.1. The highest BCUT2D eigenvalue weighted by Gasteiger charge is 2.16. The summed E-state index contributed by atoms with van der Waals surface area (Å²) in [6, 6.07) is 2.03. The maximum Gasteiger partial charge on any atom is 0.308 e. The summed E-state index contributed by atoms with van der Waals surface area (Å²) in [4.78, 5) is 16.2. The number of nitrogens with zero attached hydrogens (tertiary/aromatic N) is 2. The molecule has 0 unspecified atom stereocenters. The zero-order chi connectivity index (χ0) is 16.8. The van der Waals surface area contributed by atoms with E-state index in [-0.39, 0.29) is 5.97 Å². The van der Waals surface area contributed by atoms with Crippen molar-refractivity contribution in [3.05, 3.63) is 23.5 Å². The van der Waals surface area contributed by atoms with Crippen LogP contribution < -0.4 is 4.74 Å². The van der Waals surface area contributed by atoms with Crippen LogP contribution >= 0.6 is 0 Å². The summed E-state index contributed by atoms with van der Waals surface area (Å²) in [7, 11) is 1.99. The van der Waals surface area contributed by atoms with E-state index in [4.69, 9.17) is 9.72 Å². The van der Waals surface area contributed by atoms with Crippen LogP contribution in [0.3, 0.4) is 0 Å². The minimum absolute atomic E-state index is 0.283. The predicted octanol–water partition coefficient (Wildman–Crippen LogP) is 4.71. The third kappa shape index (κ3) is 4.34. The first kappa shape index (κ1) is 17.5. The average molecular weight is 316 g/mol. The van der Waals surface area contributed by atoms with E-state index in [1.54, 1.807) is 0 Å². The molecule has 126 valence electrons. The fourth-order valence-corrected chi connectivity index (χ4v) is 2.99. The van der Waals surface area contributed by atoms with Gasteiger partial charge in [0.2, 0.25) is 0 Å². The Morgan fingerprint density at radius 3 is 2.61 bits per heavy atom. The molecule has 0 spiro atoms. The second kappa shape index (κ2) is 8.14. The molecule has 4 nitrogen and oxygen atoms in total. The van der Waals surface area contributed by atoms with Gasteiger partial charge < -0.3 is 9.30 Å². The molecular weight excluding hydrogens is 288 g/mol. The SMILES string of the molecule is CCCCCCCCc1nc2c(ccn2C)c(C)c1OC(C)=O. The lowest BCUT2D eigenvalue weighted by molar-refractivity contribution is -0.132. The first-order valence-electron chi connectivity index (χ1n) is 8.67. The van der Waals surface area contributed by atoms with Gasteiger partial charge in [-0.1, -0.05) is 39.0 Å². The third-order valence-corrected chi connectivity index (χ3v) is 4.30. The van der Waals surface area contributed by atoms with Gasteiger partial charge in [-0.15, -0.1) is 0 Å². The Bertz CT molecular complexity index is 674. The van der Waals surface area contributed by atoms with Crippen molar-refractivity contribution in [2.75, 3.05) is 0 Å². The highest BCUT2D eigenvalue weighted by Crippen LogP contribution is 2.31. The number of pyridine rings is 1. The smallest absolute Gasteiger partial charge is 0.308 e. The number of hydrogen-bond donors (Lipinski definition) is 0. The number of aryl methyl sites for hydroxylation is 3. The van der Waals surface area contributed by atoms with Gasteiger partial charge in [0.05, 0.1) is 5.69 Å². The molecule has 2 heterocycles. The lowest BCUT2D eigenvalue weighted by Gasteiger charge is -2.13. The molecule has 0 aliphatic carbocycles.